The van der Waals surface area contributed by atoms with Crippen molar-refractivity contribution in [2.75, 3.05) is 6.54 Å². The third-order valence-electron chi connectivity index (χ3n) is 11.0. The van der Waals surface area contributed by atoms with Crippen molar-refractivity contribution in [1.82, 2.24) is 5.32 Å². The van der Waals surface area contributed by atoms with Crippen molar-refractivity contribution < 1.29 is 9.84 Å². The van der Waals surface area contributed by atoms with Gasteiger partial charge < -0.3 is 15.2 Å². The number of rotatable bonds is 0. The average molecular weight is 426 g/mol. The van der Waals surface area contributed by atoms with Crippen molar-refractivity contribution in [3.8, 4) is 0 Å². The molecule has 4 fully saturated rings. The Bertz CT molecular complexity index is 816. The molecule has 6 rings (SSSR count). The molecular weight excluding hydrogens is 382 g/mol. The Morgan fingerprint density at radius 2 is 2.00 bits per heavy atom. The maximum atomic E-state index is 10.3. The number of nitrogens with one attached hydrogen (secondary N) is 1. The van der Waals surface area contributed by atoms with Crippen molar-refractivity contribution >= 4 is 0 Å². The van der Waals surface area contributed by atoms with Crippen LogP contribution in [0.2, 0.25) is 0 Å². The Hall–Kier alpha value is -0.640. The molecule has 2 heterocycles. The molecule has 2 N–H and O–H groups in total. The molecule has 0 amide bonds. The first-order valence-corrected chi connectivity index (χ1v) is 13.3. The fourth-order valence-electron chi connectivity index (χ4n) is 9.21. The minimum atomic E-state index is -0.107. The normalized spacial score (nSPS) is 54.0. The van der Waals surface area contributed by atoms with E-state index in [-0.39, 0.29) is 11.7 Å². The van der Waals surface area contributed by atoms with E-state index < -0.39 is 0 Å². The highest BCUT2D eigenvalue weighted by Gasteiger charge is 2.58. The van der Waals surface area contributed by atoms with Gasteiger partial charge in [0.2, 0.25) is 0 Å². The lowest BCUT2D eigenvalue weighted by molar-refractivity contribution is -0.0720. The second kappa shape index (κ2) is 7.18. The molecule has 3 nitrogen and oxygen atoms in total. The second-order valence-electron chi connectivity index (χ2n) is 12.7. The standard InChI is InChI=1S/C28H43NO2/c1-16-11-25-26(29-15-16)18(3)28(31-25)10-8-21-22-6-5-19-12-20(30)7-9-27(19,4)24(22)13-23(21)17(2)14-28/h5,16,18,20-22,24-26,29-30H,6-15H2,1-4H3/t16-,18+,20-,21-,22?,24-,25+,26-,27-,28-/m0/s1. The second-order valence-corrected chi connectivity index (χ2v) is 12.7. The third kappa shape index (κ3) is 3.02. The van der Waals surface area contributed by atoms with E-state index in [0.717, 1.165) is 49.5 Å². The number of allylic oxidation sites excluding steroid dienone is 2. The summed E-state index contributed by atoms with van der Waals surface area (Å²) in [6.07, 6.45) is 13.4. The minimum absolute atomic E-state index is 0.0534. The van der Waals surface area contributed by atoms with Crippen molar-refractivity contribution in [3.63, 3.8) is 0 Å². The lowest BCUT2D eigenvalue weighted by Crippen LogP contribution is -2.48. The number of fused-ring (bicyclic) bond motifs is 6. The number of hydrogen-bond donors (Lipinski definition) is 2. The lowest BCUT2D eigenvalue weighted by Gasteiger charge is -2.49. The summed E-state index contributed by atoms with van der Waals surface area (Å²) < 4.78 is 7.01. The molecule has 0 radical (unpaired) electrons. The van der Waals surface area contributed by atoms with Gasteiger partial charge in [-0.2, -0.15) is 0 Å². The van der Waals surface area contributed by atoms with E-state index in [1.165, 1.54) is 38.5 Å². The van der Waals surface area contributed by atoms with Gasteiger partial charge in [0.05, 0.1) is 17.8 Å². The van der Waals surface area contributed by atoms with E-state index in [1.54, 1.807) is 16.7 Å². The summed E-state index contributed by atoms with van der Waals surface area (Å²) in [6, 6.07) is 0.549. The van der Waals surface area contributed by atoms with E-state index in [0.29, 0.717) is 23.5 Å². The van der Waals surface area contributed by atoms with Gasteiger partial charge in [-0.15, -0.1) is 0 Å². The first-order chi connectivity index (χ1) is 14.8. The van der Waals surface area contributed by atoms with Crippen LogP contribution in [0.4, 0.5) is 0 Å². The fourth-order valence-corrected chi connectivity index (χ4v) is 9.21. The Labute approximate surface area is 189 Å². The van der Waals surface area contributed by atoms with Gasteiger partial charge in [-0.05, 0) is 100 Å². The fraction of sp³-hybridized carbons (Fsp3) is 0.857. The van der Waals surface area contributed by atoms with Gasteiger partial charge in [0.15, 0.2) is 0 Å². The van der Waals surface area contributed by atoms with E-state index >= 15 is 0 Å². The molecule has 1 spiro atoms. The van der Waals surface area contributed by atoms with Gasteiger partial charge in [-0.3, -0.25) is 0 Å². The number of ether oxygens (including phenoxy) is 1. The Balaban J connectivity index is 1.28. The van der Waals surface area contributed by atoms with Crippen LogP contribution in [0.3, 0.4) is 0 Å². The minimum Gasteiger partial charge on any atom is -0.393 e. The first-order valence-electron chi connectivity index (χ1n) is 13.3. The molecule has 4 aliphatic carbocycles. The maximum Gasteiger partial charge on any atom is 0.0765 e. The Morgan fingerprint density at radius 1 is 1.16 bits per heavy atom. The average Bonchev–Trinajstić information content (AvgIpc) is 3.19. The third-order valence-corrected chi connectivity index (χ3v) is 11.0. The van der Waals surface area contributed by atoms with Crippen LogP contribution in [0.15, 0.2) is 22.8 Å². The van der Waals surface area contributed by atoms with Crippen LogP contribution in [-0.4, -0.2) is 35.5 Å². The van der Waals surface area contributed by atoms with Gasteiger partial charge in [0, 0.05) is 12.0 Å². The van der Waals surface area contributed by atoms with Crippen LogP contribution in [0.25, 0.3) is 0 Å². The number of aliphatic hydroxyl groups is 1. The van der Waals surface area contributed by atoms with Crippen molar-refractivity contribution in [2.45, 2.75) is 109 Å². The van der Waals surface area contributed by atoms with Crippen LogP contribution in [-0.2, 0) is 4.74 Å². The molecular formula is C28H43NO2. The topological polar surface area (TPSA) is 41.5 Å². The molecule has 2 saturated heterocycles. The highest BCUT2D eigenvalue weighted by atomic mass is 16.5. The molecule has 0 aromatic carbocycles. The van der Waals surface area contributed by atoms with Crippen LogP contribution in [0, 0.1) is 35.0 Å². The molecule has 10 atom stereocenters. The quantitative estimate of drug-likeness (QED) is 0.511. The van der Waals surface area contributed by atoms with E-state index in [9.17, 15) is 5.11 Å². The largest absolute Gasteiger partial charge is 0.393 e. The number of piperidine rings is 1. The molecule has 0 aromatic rings. The lowest BCUT2D eigenvalue weighted by atomic mass is 9.56. The van der Waals surface area contributed by atoms with Gasteiger partial charge in [-0.1, -0.05) is 43.6 Å². The predicted octanol–water partition coefficient (Wildman–Crippen LogP) is 5.39. The van der Waals surface area contributed by atoms with Gasteiger partial charge in [0.25, 0.3) is 0 Å². The summed E-state index contributed by atoms with van der Waals surface area (Å²) in [5, 5.41) is 14.1. The summed E-state index contributed by atoms with van der Waals surface area (Å²) >= 11 is 0. The van der Waals surface area contributed by atoms with Crippen molar-refractivity contribution in [3.05, 3.63) is 22.8 Å². The van der Waals surface area contributed by atoms with Gasteiger partial charge >= 0.3 is 0 Å². The summed E-state index contributed by atoms with van der Waals surface area (Å²) in [5.41, 5.74) is 5.43. The smallest absolute Gasteiger partial charge is 0.0765 e. The molecule has 1 unspecified atom stereocenters. The summed E-state index contributed by atoms with van der Waals surface area (Å²) in [6.45, 7) is 11.0. The Kier molecular flexibility index (Phi) is 4.85. The van der Waals surface area contributed by atoms with Crippen LogP contribution in [0.5, 0.6) is 0 Å². The summed E-state index contributed by atoms with van der Waals surface area (Å²) in [4.78, 5) is 0. The zero-order chi connectivity index (χ0) is 21.5. The molecule has 172 valence electrons. The molecule has 6 aliphatic rings. The highest BCUT2D eigenvalue weighted by molar-refractivity contribution is 5.33. The molecule has 31 heavy (non-hydrogen) atoms. The zero-order valence-electron chi connectivity index (χ0n) is 20.1. The molecule has 0 aromatic heterocycles. The molecule has 2 aliphatic heterocycles. The SMILES string of the molecule is CC1=C2C[C@H]3C(CC=C4C[C@@H](O)CC[C@@]43C)[C@@H]2CC[C@@]2(C1)O[C@@H]1C[C@H](C)CN[C@H]1[C@H]2C. The summed E-state index contributed by atoms with van der Waals surface area (Å²) in [5.74, 6) is 3.69. The molecule has 2 saturated carbocycles. The predicted molar refractivity (Wildman–Crippen MR) is 125 cm³/mol. The van der Waals surface area contributed by atoms with Crippen LogP contribution in [0.1, 0.15) is 85.5 Å². The van der Waals surface area contributed by atoms with E-state index in [2.05, 4.69) is 39.1 Å². The van der Waals surface area contributed by atoms with Crippen LogP contribution >= 0.6 is 0 Å². The van der Waals surface area contributed by atoms with Gasteiger partial charge in [-0.25, -0.2) is 0 Å². The number of hydrogen-bond acceptors (Lipinski definition) is 3. The first kappa shape index (κ1) is 20.9. The van der Waals surface area contributed by atoms with Crippen LogP contribution < -0.4 is 5.32 Å². The summed E-state index contributed by atoms with van der Waals surface area (Å²) in [7, 11) is 0. The zero-order valence-corrected chi connectivity index (χ0v) is 20.1. The molecule has 3 heteroatoms. The monoisotopic (exact) mass is 425 g/mol. The molecule has 0 bridgehead atoms. The van der Waals surface area contributed by atoms with Crippen molar-refractivity contribution in [2.24, 2.45) is 35.0 Å². The Morgan fingerprint density at radius 3 is 2.84 bits per heavy atom. The van der Waals surface area contributed by atoms with E-state index in [1.807, 2.05) is 0 Å². The highest BCUT2D eigenvalue weighted by Crippen LogP contribution is 2.63. The number of aliphatic hydroxyl groups excluding tert-OH is 1. The van der Waals surface area contributed by atoms with Gasteiger partial charge in [0.1, 0.15) is 0 Å². The van der Waals surface area contributed by atoms with Crippen molar-refractivity contribution in [1.29, 1.82) is 0 Å². The van der Waals surface area contributed by atoms with E-state index in [4.69, 9.17) is 4.74 Å². The maximum absolute atomic E-state index is 10.3.